The third-order valence-electron chi connectivity index (χ3n) is 2.74. The van der Waals surface area contributed by atoms with Crippen molar-refractivity contribution in [3.8, 4) is 0 Å². The molecule has 20 heavy (non-hydrogen) atoms. The number of halogens is 2. The number of carbonyl (C=O) groups is 1. The lowest BCUT2D eigenvalue weighted by molar-refractivity contribution is 0.101. The van der Waals surface area contributed by atoms with E-state index >= 15 is 0 Å². The van der Waals surface area contributed by atoms with E-state index in [0.29, 0.717) is 17.9 Å². The van der Waals surface area contributed by atoms with Gasteiger partial charge >= 0.3 is 0 Å². The average molecular weight is 279 g/mol. The van der Waals surface area contributed by atoms with Crippen LogP contribution >= 0.6 is 0 Å². The summed E-state index contributed by atoms with van der Waals surface area (Å²) in [6.45, 7) is 2.61. The first-order chi connectivity index (χ1) is 9.49. The molecule has 0 spiro atoms. The van der Waals surface area contributed by atoms with Gasteiger partial charge in [0, 0.05) is 24.5 Å². The first-order valence-electron chi connectivity index (χ1n) is 6.22. The van der Waals surface area contributed by atoms with Crippen LogP contribution in [0.15, 0.2) is 30.5 Å². The maximum Gasteiger partial charge on any atom is 0.272 e. The minimum Gasteiger partial charge on any atom is -0.397 e. The van der Waals surface area contributed by atoms with E-state index in [0.717, 1.165) is 24.6 Å². The number of hydrogen-bond acceptors (Lipinski definition) is 2. The molecule has 0 saturated carbocycles. The Balaban J connectivity index is 2.23. The zero-order valence-corrected chi connectivity index (χ0v) is 11.0. The number of carbonyl (C=O) groups excluding carboxylic acids is 1. The second kappa shape index (κ2) is 5.73. The van der Waals surface area contributed by atoms with Gasteiger partial charge in [0.25, 0.3) is 5.91 Å². The normalized spacial score (nSPS) is 10.6. The molecule has 2 rings (SSSR count). The third kappa shape index (κ3) is 3.14. The van der Waals surface area contributed by atoms with Crippen molar-refractivity contribution in [2.75, 3.05) is 11.1 Å². The fourth-order valence-electron chi connectivity index (χ4n) is 1.97. The van der Waals surface area contributed by atoms with Gasteiger partial charge in [0.1, 0.15) is 17.3 Å². The molecule has 0 unspecified atom stereocenters. The Hall–Kier alpha value is -2.37. The molecule has 0 atom stereocenters. The number of aromatic nitrogens is 1. The minimum atomic E-state index is -0.747. The highest BCUT2D eigenvalue weighted by molar-refractivity contribution is 6.03. The summed E-state index contributed by atoms with van der Waals surface area (Å²) in [6.07, 6.45) is 2.49. The number of nitrogens with zero attached hydrogens (tertiary/aromatic N) is 1. The Morgan fingerprint density at radius 2 is 1.90 bits per heavy atom. The lowest BCUT2D eigenvalue weighted by atomic mass is 10.3. The predicted octanol–water partition coefficient (Wildman–Crippen LogP) is 3.01. The van der Waals surface area contributed by atoms with E-state index in [9.17, 15) is 13.6 Å². The number of nitrogens with two attached hydrogens (primary N) is 1. The van der Waals surface area contributed by atoms with Crippen LogP contribution in [0.2, 0.25) is 0 Å². The summed E-state index contributed by atoms with van der Waals surface area (Å²) >= 11 is 0. The van der Waals surface area contributed by atoms with Crippen LogP contribution in [0, 0.1) is 11.6 Å². The van der Waals surface area contributed by atoms with Crippen LogP contribution in [-0.2, 0) is 6.54 Å². The summed E-state index contributed by atoms with van der Waals surface area (Å²) < 4.78 is 27.8. The summed E-state index contributed by atoms with van der Waals surface area (Å²) in [5.41, 5.74) is 6.56. The second-order valence-corrected chi connectivity index (χ2v) is 4.46. The number of amides is 1. The summed E-state index contributed by atoms with van der Waals surface area (Å²) in [5, 5.41) is 2.46. The Labute approximate surface area is 115 Å². The van der Waals surface area contributed by atoms with Gasteiger partial charge in [0.05, 0.1) is 5.69 Å². The fourth-order valence-corrected chi connectivity index (χ4v) is 1.97. The summed E-state index contributed by atoms with van der Waals surface area (Å²) in [7, 11) is 0. The standard InChI is InChI=1S/C14H15F2N3O/c1-2-3-19-8-11(17)7-13(19)14(20)18-12-5-9(15)4-10(16)6-12/h4-8H,2-3,17H2,1H3,(H,18,20). The first-order valence-corrected chi connectivity index (χ1v) is 6.22. The van der Waals surface area contributed by atoms with Gasteiger partial charge in [0.2, 0.25) is 0 Å². The molecule has 0 radical (unpaired) electrons. The summed E-state index contributed by atoms with van der Waals surface area (Å²) in [6, 6.07) is 4.38. The van der Waals surface area contributed by atoms with Crippen LogP contribution in [0.1, 0.15) is 23.8 Å². The number of rotatable bonds is 4. The maximum absolute atomic E-state index is 13.1. The summed E-state index contributed by atoms with van der Waals surface area (Å²) in [5.74, 6) is -1.95. The van der Waals surface area contributed by atoms with Gasteiger partial charge in [-0.1, -0.05) is 6.92 Å². The van der Waals surface area contributed by atoms with E-state index in [1.165, 1.54) is 6.07 Å². The second-order valence-electron chi connectivity index (χ2n) is 4.46. The topological polar surface area (TPSA) is 60.0 Å². The molecule has 3 N–H and O–H groups in total. The number of benzene rings is 1. The van der Waals surface area contributed by atoms with E-state index in [1.807, 2.05) is 6.92 Å². The average Bonchev–Trinajstić information content (AvgIpc) is 2.69. The van der Waals surface area contributed by atoms with Crippen molar-refractivity contribution >= 4 is 17.3 Å². The van der Waals surface area contributed by atoms with E-state index < -0.39 is 17.5 Å². The highest BCUT2D eigenvalue weighted by atomic mass is 19.1. The van der Waals surface area contributed by atoms with Crippen LogP contribution in [-0.4, -0.2) is 10.5 Å². The number of hydrogen-bond donors (Lipinski definition) is 2. The number of nitrogens with one attached hydrogen (secondary N) is 1. The van der Waals surface area contributed by atoms with Gasteiger partial charge < -0.3 is 15.6 Å². The molecule has 1 aromatic heterocycles. The van der Waals surface area contributed by atoms with Crippen molar-refractivity contribution in [3.05, 3.63) is 47.8 Å². The molecule has 6 heteroatoms. The molecule has 0 aliphatic carbocycles. The van der Waals surface area contributed by atoms with E-state index in [-0.39, 0.29) is 5.69 Å². The molecule has 0 saturated heterocycles. The molecule has 1 aromatic carbocycles. The molecule has 0 fully saturated rings. The highest BCUT2D eigenvalue weighted by Gasteiger charge is 2.13. The van der Waals surface area contributed by atoms with Crippen molar-refractivity contribution in [2.45, 2.75) is 19.9 Å². The van der Waals surface area contributed by atoms with Gasteiger partial charge in [-0.3, -0.25) is 4.79 Å². The minimum absolute atomic E-state index is 0.0651. The number of anilines is 2. The Morgan fingerprint density at radius 1 is 1.25 bits per heavy atom. The molecule has 0 aliphatic rings. The molecular formula is C14H15F2N3O. The maximum atomic E-state index is 13.1. The number of aryl methyl sites for hydroxylation is 1. The largest absolute Gasteiger partial charge is 0.397 e. The van der Waals surface area contributed by atoms with Crippen molar-refractivity contribution in [2.24, 2.45) is 0 Å². The monoisotopic (exact) mass is 279 g/mol. The smallest absolute Gasteiger partial charge is 0.272 e. The summed E-state index contributed by atoms with van der Waals surface area (Å²) in [4.78, 5) is 12.1. The molecule has 106 valence electrons. The van der Waals surface area contributed by atoms with E-state index in [4.69, 9.17) is 5.73 Å². The molecule has 4 nitrogen and oxygen atoms in total. The van der Waals surface area contributed by atoms with E-state index in [1.54, 1.807) is 10.8 Å². The van der Waals surface area contributed by atoms with Crippen LogP contribution in [0.4, 0.5) is 20.2 Å². The molecular weight excluding hydrogens is 264 g/mol. The van der Waals surface area contributed by atoms with Crippen LogP contribution in [0.25, 0.3) is 0 Å². The fraction of sp³-hybridized carbons (Fsp3) is 0.214. The Bertz CT molecular complexity index is 617. The SMILES string of the molecule is CCCn1cc(N)cc1C(=O)Nc1cc(F)cc(F)c1. The quantitative estimate of drug-likeness (QED) is 0.903. The molecule has 0 bridgehead atoms. The zero-order valence-electron chi connectivity index (χ0n) is 11.0. The van der Waals surface area contributed by atoms with Crippen molar-refractivity contribution in [1.82, 2.24) is 4.57 Å². The zero-order chi connectivity index (χ0) is 14.7. The Morgan fingerprint density at radius 3 is 2.50 bits per heavy atom. The molecule has 0 aliphatic heterocycles. The van der Waals surface area contributed by atoms with Crippen molar-refractivity contribution in [3.63, 3.8) is 0 Å². The number of nitrogen functional groups attached to an aromatic ring is 1. The molecule has 1 amide bonds. The van der Waals surface area contributed by atoms with Gasteiger partial charge in [-0.25, -0.2) is 8.78 Å². The van der Waals surface area contributed by atoms with Crippen LogP contribution in [0.3, 0.4) is 0 Å². The van der Waals surface area contributed by atoms with Crippen LogP contribution < -0.4 is 11.1 Å². The van der Waals surface area contributed by atoms with Crippen molar-refractivity contribution in [1.29, 1.82) is 0 Å². The highest BCUT2D eigenvalue weighted by Crippen LogP contribution is 2.16. The van der Waals surface area contributed by atoms with Gasteiger partial charge in [-0.05, 0) is 24.6 Å². The van der Waals surface area contributed by atoms with E-state index in [2.05, 4.69) is 5.32 Å². The van der Waals surface area contributed by atoms with Crippen LogP contribution in [0.5, 0.6) is 0 Å². The Kier molecular flexibility index (Phi) is 4.02. The molecule has 1 heterocycles. The van der Waals surface area contributed by atoms with Gasteiger partial charge in [0.15, 0.2) is 0 Å². The lowest BCUT2D eigenvalue weighted by Gasteiger charge is -2.08. The third-order valence-corrected chi connectivity index (χ3v) is 2.74. The van der Waals surface area contributed by atoms with Gasteiger partial charge in [-0.15, -0.1) is 0 Å². The molecule has 2 aromatic rings. The first kappa shape index (κ1) is 14.0. The predicted molar refractivity (Wildman–Crippen MR) is 73.4 cm³/mol. The lowest BCUT2D eigenvalue weighted by Crippen LogP contribution is -2.17. The van der Waals surface area contributed by atoms with Gasteiger partial charge in [-0.2, -0.15) is 0 Å². The van der Waals surface area contributed by atoms with Crippen molar-refractivity contribution < 1.29 is 13.6 Å².